The summed E-state index contributed by atoms with van der Waals surface area (Å²) in [6, 6.07) is 3.21. The van der Waals surface area contributed by atoms with Gasteiger partial charge < -0.3 is 9.47 Å². The predicted molar refractivity (Wildman–Crippen MR) is 55.5 cm³/mol. The van der Waals surface area contributed by atoms with Crippen LogP contribution in [-0.4, -0.2) is 17.6 Å². The van der Waals surface area contributed by atoms with Crippen molar-refractivity contribution < 1.29 is 23.2 Å². The lowest BCUT2D eigenvalue weighted by atomic mass is 10.3. The van der Waals surface area contributed by atoms with Crippen LogP contribution in [0.3, 0.4) is 0 Å². The lowest BCUT2D eigenvalue weighted by Gasteiger charge is -2.14. The molecule has 17 heavy (non-hydrogen) atoms. The van der Waals surface area contributed by atoms with Gasteiger partial charge in [-0.3, -0.25) is 10.1 Å². The highest BCUT2D eigenvalue weighted by Gasteiger charge is 2.16. The molecule has 5 nitrogen and oxygen atoms in total. The van der Waals surface area contributed by atoms with Crippen LogP contribution < -0.4 is 9.47 Å². The number of hydrogen-bond donors (Lipinski definition) is 0. The molecule has 0 saturated carbocycles. The SMILES string of the molecule is CC(C)Oc1cc([N+](=O)[O-])ccc1OC(F)F. The molecule has 0 N–H and O–H groups in total. The average molecular weight is 247 g/mol. The number of nitro benzene ring substituents is 1. The molecule has 0 saturated heterocycles. The zero-order valence-corrected chi connectivity index (χ0v) is 9.22. The molecule has 0 radical (unpaired) electrons. The van der Waals surface area contributed by atoms with Gasteiger partial charge in [-0.2, -0.15) is 8.78 Å². The number of rotatable bonds is 5. The molecule has 0 atom stereocenters. The second-order valence-electron chi connectivity index (χ2n) is 3.43. The number of benzene rings is 1. The molecule has 0 aliphatic rings. The van der Waals surface area contributed by atoms with Gasteiger partial charge >= 0.3 is 6.61 Å². The topological polar surface area (TPSA) is 61.6 Å². The van der Waals surface area contributed by atoms with Gasteiger partial charge in [0.1, 0.15) is 0 Å². The summed E-state index contributed by atoms with van der Waals surface area (Å²) >= 11 is 0. The molecule has 1 rings (SSSR count). The van der Waals surface area contributed by atoms with Crippen LogP contribution in [0.5, 0.6) is 11.5 Å². The van der Waals surface area contributed by atoms with E-state index in [2.05, 4.69) is 4.74 Å². The molecular formula is C10H11F2NO4. The van der Waals surface area contributed by atoms with Crippen LogP contribution in [0.2, 0.25) is 0 Å². The van der Waals surface area contributed by atoms with E-state index < -0.39 is 11.5 Å². The van der Waals surface area contributed by atoms with Gasteiger partial charge in [-0.25, -0.2) is 0 Å². The van der Waals surface area contributed by atoms with Crippen molar-refractivity contribution in [3.8, 4) is 11.5 Å². The number of nitrogens with zero attached hydrogens (tertiary/aromatic N) is 1. The van der Waals surface area contributed by atoms with Crippen LogP contribution in [0.25, 0.3) is 0 Å². The second kappa shape index (κ2) is 5.42. The Bertz CT molecular complexity index is 409. The summed E-state index contributed by atoms with van der Waals surface area (Å²) in [6.45, 7) is 0.335. The van der Waals surface area contributed by atoms with Gasteiger partial charge in [-0.05, 0) is 19.9 Å². The maximum absolute atomic E-state index is 12.1. The minimum Gasteiger partial charge on any atom is -0.487 e. The van der Waals surface area contributed by atoms with E-state index in [-0.39, 0.29) is 23.3 Å². The molecule has 0 heterocycles. The summed E-state index contributed by atoms with van der Waals surface area (Å²) in [5.41, 5.74) is -0.248. The number of alkyl halides is 2. The normalized spacial score (nSPS) is 10.7. The monoisotopic (exact) mass is 247 g/mol. The number of hydrogen-bond acceptors (Lipinski definition) is 4. The molecule has 0 fully saturated rings. The fourth-order valence-corrected chi connectivity index (χ4v) is 1.15. The molecule has 0 aliphatic heterocycles. The summed E-state index contributed by atoms with van der Waals surface area (Å²) in [6.07, 6.45) is -0.308. The lowest BCUT2D eigenvalue weighted by Crippen LogP contribution is -2.09. The van der Waals surface area contributed by atoms with Gasteiger partial charge in [0, 0.05) is 6.07 Å². The molecule has 1 aromatic carbocycles. The van der Waals surface area contributed by atoms with Gasteiger partial charge in [-0.15, -0.1) is 0 Å². The largest absolute Gasteiger partial charge is 0.487 e. The maximum atomic E-state index is 12.1. The Hall–Kier alpha value is -1.92. The molecule has 0 aliphatic carbocycles. The van der Waals surface area contributed by atoms with Gasteiger partial charge in [0.05, 0.1) is 17.1 Å². The average Bonchev–Trinajstić information content (AvgIpc) is 2.18. The van der Waals surface area contributed by atoms with Crippen molar-refractivity contribution >= 4 is 5.69 Å². The Labute approximate surface area is 96.1 Å². The third kappa shape index (κ3) is 3.86. The van der Waals surface area contributed by atoms with Crippen molar-refractivity contribution in [1.82, 2.24) is 0 Å². The quantitative estimate of drug-likeness (QED) is 0.592. The van der Waals surface area contributed by atoms with E-state index in [9.17, 15) is 18.9 Å². The summed E-state index contributed by atoms with van der Waals surface area (Å²) in [5.74, 6) is -0.297. The third-order valence-corrected chi connectivity index (χ3v) is 1.72. The Morgan fingerprint density at radius 2 is 1.88 bits per heavy atom. The van der Waals surface area contributed by atoms with E-state index in [1.807, 2.05) is 0 Å². The van der Waals surface area contributed by atoms with E-state index in [0.717, 1.165) is 18.2 Å². The molecular weight excluding hydrogens is 236 g/mol. The van der Waals surface area contributed by atoms with Crippen molar-refractivity contribution in [2.24, 2.45) is 0 Å². The fourth-order valence-electron chi connectivity index (χ4n) is 1.15. The van der Waals surface area contributed by atoms with Gasteiger partial charge in [0.25, 0.3) is 5.69 Å². The smallest absolute Gasteiger partial charge is 0.387 e. The third-order valence-electron chi connectivity index (χ3n) is 1.72. The van der Waals surface area contributed by atoms with E-state index in [1.165, 1.54) is 0 Å². The number of halogens is 2. The first kappa shape index (κ1) is 13.1. The van der Waals surface area contributed by atoms with Crippen LogP contribution in [0, 0.1) is 10.1 Å². The van der Waals surface area contributed by atoms with Crippen molar-refractivity contribution in [1.29, 1.82) is 0 Å². The van der Waals surface area contributed by atoms with Crippen molar-refractivity contribution in [3.63, 3.8) is 0 Å². The predicted octanol–water partition coefficient (Wildman–Crippen LogP) is 2.98. The van der Waals surface area contributed by atoms with E-state index in [0.29, 0.717) is 0 Å². The Kier molecular flexibility index (Phi) is 4.19. The van der Waals surface area contributed by atoms with Gasteiger partial charge in [0.15, 0.2) is 11.5 Å². The molecule has 94 valence electrons. The standard InChI is InChI=1S/C10H11F2NO4/c1-6(2)16-9-5-7(13(14)15)3-4-8(9)17-10(11)12/h3-6,10H,1-2H3. The van der Waals surface area contributed by atoms with Gasteiger partial charge in [0.2, 0.25) is 0 Å². The van der Waals surface area contributed by atoms with Gasteiger partial charge in [-0.1, -0.05) is 0 Å². The Balaban J connectivity index is 3.07. The highest BCUT2D eigenvalue weighted by atomic mass is 19.3. The van der Waals surface area contributed by atoms with Crippen LogP contribution >= 0.6 is 0 Å². The molecule has 0 bridgehead atoms. The fraction of sp³-hybridized carbons (Fsp3) is 0.400. The molecule has 0 amide bonds. The van der Waals surface area contributed by atoms with Crippen LogP contribution in [-0.2, 0) is 0 Å². The van der Waals surface area contributed by atoms with Crippen LogP contribution in [0.15, 0.2) is 18.2 Å². The minimum atomic E-state index is -3.01. The van der Waals surface area contributed by atoms with E-state index >= 15 is 0 Å². The highest BCUT2D eigenvalue weighted by molar-refractivity contribution is 5.48. The van der Waals surface area contributed by atoms with E-state index in [1.54, 1.807) is 13.8 Å². The summed E-state index contributed by atoms with van der Waals surface area (Å²) in [7, 11) is 0. The maximum Gasteiger partial charge on any atom is 0.387 e. The zero-order chi connectivity index (χ0) is 13.0. The molecule has 1 aromatic rings. The summed E-state index contributed by atoms with van der Waals surface area (Å²) in [5, 5.41) is 10.5. The zero-order valence-electron chi connectivity index (χ0n) is 9.22. The highest BCUT2D eigenvalue weighted by Crippen LogP contribution is 2.33. The summed E-state index contributed by atoms with van der Waals surface area (Å²) in [4.78, 5) is 9.89. The number of non-ortho nitro benzene ring substituents is 1. The first-order chi connectivity index (χ1) is 7.90. The number of nitro groups is 1. The molecule has 0 unspecified atom stereocenters. The summed E-state index contributed by atoms with van der Waals surface area (Å²) < 4.78 is 33.5. The van der Waals surface area contributed by atoms with E-state index in [4.69, 9.17) is 4.74 Å². The first-order valence-corrected chi connectivity index (χ1v) is 4.80. The molecule has 0 spiro atoms. The first-order valence-electron chi connectivity index (χ1n) is 4.80. The van der Waals surface area contributed by atoms with Crippen molar-refractivity contribution in [3.05, 3.63) is 28.3 Å². The van der Waals surface area contributed by atoms with Crippen molar-refractivity contribution in [2.45, 2.75) is 26.6 Å². The van der Waals surface area contributed by atoms with Crippen LogP contribution in [0.4, 0.5) is 14.5 Å². The Morgan fingerprint density at radius 3 is 2.35 bits per heavy atom. The Morgan fingerprint density at radius 1 is 1.24 bits per heavy atom. The molecule has 7 heteroatoms. The van der Waals surface area contributed by atoms with Crippen molar-refractivity contribution in [2.75, 3.05) is 0 Å². The second-order valence-corrected chi connectivity index (χ2v) is 3.43. The minimum absolute atomic E-state index is 0.0745. The number of ether oxygens (including phenoxy) is 2. The lowest BCUT2D eigenvalue weighted by molar-refractivity contribution is -0.385. The molecule has 0 aromatic heterocycles. The van der Waals surface area contributed by atoms with Crippen LogP contribution in [0.1, 0.15) is 13.8 Å².